The van der Waals surface area contributed by atoms with E-state index < -0.39 is 9.84 Å². The molecule has 0 aliphatic carbocycles. The van der Waals surface area contributed by atoms with Crippen LogP contribution in [0.25, 0.3) is 0 Å². The number of nitrogens with one attached hydrogen (secondary N) is 1. The van der Waals surface area contributed by atoms with Gasteiger partial charge in [-0.25, -0.2) is 8.42 Å². The van der Waals surface area contributed by atoms with Crippen LogP contribution in [0.1, 0.15) is 20.3 Å². The molecular formula is C16H24N2O3S. The molecule has 0 radical (unpaired) electrons. The summed E-state index contributed by atoms with van der Waals surface area (Å²) in [6, 6.07) is 6.50. The van der Waals surface area contributed by atoms with E-state index in [1.807, 2.05) is 0 Å². The van der Waals surface area contributed by atoms with Crippen molar-refractivity contribution in [3.8, 4) is 0 Å². The maximum atomic E-state index is 12.2. The van der Waals surface area contributed by atoms with Crippen LogP contribution in [0, 0.1) is 11.8 Å². The van der Waals surface area contributed by atoms with Gasteiger partial charge in [-0.15, -0.1) is 0 Å². The number of piperidine rings is 1. The quantitative estimate of drug-likeness (QED) is 0.920. The second-order valence-corrected chi connectivity index (χ2v) is 8.44. The number of para-hydroxylation sites is 1. The molecule has 0 saturated carbocycles. The van der Waals surface area contributed by atoms with Gasteiger partial charge in [0, 0.05) is 19.3 Å². The number of sulfone groups is 1. The molecule has 1 heterocycles. The lowest BCUT2D eigenvalue weighted by molar-refractivity contribution is -0.117. The normalized spacial score (nSPS) is 23.2. The Morgan fingerprint density at radius 1 is 1.23 bits per heavy atom. The van der Waals surface area contributed by atoms with Crippen molar-refractivity contribution < 1.29 is 13.2 Å². The molecule has 2 atom stereocenters. The van der Waals surface area contributed by atoms with Crippen LogP contribution in [-0.4, -0.2) is 45.1 Å². The van der Waals surface area contributed by atoms with E-state index in [0.717, 1.165) is 19.3 Å². The van der Waals surface area contributed by atoms with E-state index in [-0.39, 0.29) is 10.8 Å². The smallest absolute Gasteiger partial charge is 0.238 e. The highest BCUT2D eigenvalue weighted by molar-refractivity contribution is 7.90. The first-order valence-electron chi connectivity index (χ1n) is 7.57. The SMILES string of the molecule is C[C@@H]1C[C@@H](C)CN(CC(=O)Nc2ccccc2S(C)(=O)=O)C1. The number of carbonyl (C=O) groups excluding carboxylic acids is 1. The Kier molecular flexibility index (Phi) is 5.24. The minimum Gasteiger partial charge on any atom is -0.324 e. The molecule has 1 saturated heterocycles. The Balaban J connectivity index is 2.04. The van der Waals surface area contributed by atoms with Crippen LogP contribution in [0.2, 0.25) is 0 Å². The summed E-state index contributed by atoms with van der Waals surface area (Å²) in [6.45, 7) is 6.50. The number of hydrogen-bond acceptors (Lipinski definition) is 4. The monoisotopic (exact) mass is 324 g/mol. The molecule has 0 spiro atoms. The van der Waals surface area contributed by atoms with Crippen molar-refractivity contribution in [2.45, 2.75) is 25.2 Å². The molecule has 1 fully saturated rings. The van der Waals surface area contributed by atoms with Crippen LogP contribution in [-0.2, 0) is 14.6 Å². The first kappa shape index (κ1) is 17.0. The summed E-state index contributed by atoms with van der Waals surface area (Å²) in [5.41, 5.74) is 0.355. The third-order valence-corrected chi connectivity index (χ3v) is 5.03. The first-order chi connectivity index (χ1) is 10.3. The molecular weight excluding hydrogens is 300 g/mol. The molecule has 6 heteroatoms. The molecule has 0 unspecified atom stereocenters. The first-order valence-corrected chi connectivity index (χ1v) is 9.46. The van der Waals surface area contributed by atoms with E-state index in [1.54, 1.807) is 18.2 Å². The van der Waals surface area contributed by atoms with Crippen LogP contribution in [0.15, 0.2) is 29.2 Å². The summed E-state index contributed by atoms with van der Waals surface area (Å²) in [5.74, 6) is 0.997. The van der Waals surface area contributed by atoms with E-state index in [9.17, 15) is 13.2 Å². The van der Waals surface area contributed by atoms with E-state index in [0.29, 0.717) is 24.1 Å². The summed E-state index contributed by atoms with van der Waals surface area (Å²) >= 11 is 0. The number of rotatable bonds is 4. The van der Waals surface area contributed by atoms with Gasteiger partial charge in [0.2, 0.25) is 5.91 Å². The average Bonchev–Trinajstić information content (AvgIpc) is 2.36. The standard InChI is InChI=1S/C16H24N2O3S/c1-12-8-13(2)10-18(9-12)11-16(19)17-14-6-4-5-7-15(14)22(3,20)21/h4-7,12-13H,8-11H2,1-3H3,(H,17,19)/t12-,13-/m1/s1. The molecule has 1 aromatic rings. The van der Waals surface area contributed by atoms with Crippen LogP contribution in [0.4, 0.5) is 5.69 Å². The zero-order valence-corrected chi connectivity index (χ0v) is 14.2. The lowest BCUT2D eigenvalue weighted by Crippen LogP contribution is -2.42. The fraction of sp³-hybridized carbons (Fsp3) is 0.562. The number of likely N-dealkylation sites (tertiary alicyclic amines) is 1. The average molecular weight is 324 g/mol. The molecule has 22 heavy (non-hydrogen) atoms. The van der Waals surface area contributed by atoms with Crippen molar-refractivity contribution in [1.82, 2.24) is 4.90 Å². The van der Waals surface area contributed by atoms with Crippen LogP contribution in [0.5, 0.6) is 0 Å². The largest absolute Gasteiger partial charge is 0.324 e. The number of carbonyl (C=O) groups is 1. The fourth-order valence-electron chi connectivity index (χ4n) is 3.21. The maximum absolute atomic E-state index is 12.2. The number of benzene rings is 1. The summed E-state index contributed by atoms with van der Waals surface area (Å²) < 4.78 is 23.5. The fourth-order valence-corrected chi connectivity index (χ4v) is 4.05. The Labute approximate surface area is 132 Å². The third kappa shape index (κ3) is 4.55. The molecule has 0 aromatic heterocycles. The van der Waals surface area contributed by atoms with Crippen LogP contribution in [0.3, 0.4) is 0 Å². The summed E-state index contributed by atoms with van der Waals surface area (Å²) in [6.07, 6.45) is 2.33. The zero-order valence-electron chi connectivity index (χ0n) is 13.4. The highest BCUT2D eigenvalue weighted by Crippen LogP contribution is 2.22. The van der Waals surface area contributed by atoms with Crippen molar-refractivity contribution in [3.05, 3.63) is 24.3 Å². The van der Waals surface area contributed by atoms with Crippen molar-refractivity contribution in [1.29, 1.82) is 0 Å². The Morgan fingerprint density at radius 3 is 2.41 bits per heavy atom. The van der Waals surface area contributed by atoms with Gasteiger partial charge in [0.15, 0.2) is 9.84 Å². The van der Waals surface area contributed by atoms with E-state index in [4.69, 9.17) is 0 Å². The van der Waals surface area contributed by atoms with Crippen LogP contribution >= 0.6 is 0 Å². The second kappa shape index (κ2) is 6.79. The lowest BCUT2D eigenvalue weighted by atomic mass is 9.92. The Bertz CT molecular complexity index is 633. The van der Waals surface area contributed by atoms with Crippen molar-refractivity contribution in [2.24, 2.45) is 11.8 Å². The summed E-state index contributed by atoms with van der Waals surface area (Å²) in [7, 11) is -3.36. The van der Waals surface area contributed by atoms with Crippen LogP contribution < -0.4 is 5.32 Å². The van der Waals surface area contributed by atoms with E-state index in [1.165, 1.54) is 12.5 Å². The van der Waals surface area contributed by atoms with Gasteiger partial charge in [0.05, 0.1) is 17.1 Å². The summed E-state index contributed by atoms with van der Waals surface area (Å²) in [4.78, 5) is 14.5. The zero-order chi connectivity index (χ0) is 16.3. The van der Waals surface area contributed by atoms with Gasteiger partial charge in [-0.2, -0.15) is 0 Å². The molecule has 1 aromatic carbocycles. The Morgan fingerprint density at radius 2 is 1.82 bits per heavy atom. The van der Waals surface area contributed by atoms with E-state index in [2.05, 4.69) is 24.1 Å². The summed E-state index contributed by atoms with van der Waals surface area (Å²) in [5, 5.41) is 2.73. The number of anilines is 1. The molecule has 5 nitrogen and oxygen atoms in total. The highest BCUT2D eigenvalue weighted by Gasteiger charge is 2.23. The second-order valence-electron chi connectivity index (χ2n) is 6.46. The molecule has 1 N–H and O–H groups in total. The molecule has 1 amide bonds. The van der Waals surface area contributed by atoms with Gasteiger partial charge >= 0.3 is 0 Å². The van der Waals surface area contributed by atoms with Gasteiger partial charge in [0.25, 0.3) is 0 Å². The van der Waals surface area contributed by atoms with Gasteiger partial charge < -0.3 is 5.32 Å². The van der Waals surface area contributed by atoms with Gasteiger partial charge in [-0.3, -0.25) is 9.69 Å². The minimum atomic E-state index is -3.36. The predicted molar refractivity (Wildman–Crippen MR) is 87.6 cm³/mol. The molecule has 2 rings (SSSR count). The van der Waals surface area contributed by atoms with Crippen molar-refractivity contribution in [2.75, 3.05) is 31.2 Å². The molecule has 0 bridgehead atoms. The van der Waals surface area contributed by atoms with Gasteiger partial charge in [-0.1, -0.05) is 26.0 Å². The van der Waals surface area contributed by atoms with Gasteiger partial charge in [0.1, 0.15) is 0 Å². The van der Waals surface area contributed by atoms with Crippen molar-refractivity contribution in [3.63, 3.8) is 0 Å². The Hall–Kier alpha value is -1.40. The topological polar surface area (TPSA) is 66.5 Å². The molecule has 1 aliphatic rings. The molecule has 1 aliphatic heterocycles. The number of hydrogen-bond donors (Lipinski definition) is 1. The van der Waals surface area contributed by atoms with E-state index >= 15 is 0 Å². The highest BCUT2D eigenvalue weighted by atomic mass is 32.2. The molecule has 122 valence electrons. The lowest BCUT2D eigenvalue weighted by Gasteiger charge is -2.34. The number of nitrogens with zero attached hydrogens (tertiary/aromatic N) is 1. The predicted octanol–water partition coefficient (Wildman–Crippen LogP) is 2.01. The van der Waals surface area contributed by atoms with Gasteiger partial charge in [-0.05, 0) is 30.4 Å². The third-order valence-electron chi connectivity index (χ3n) is 3.87. The van der Waals surface area contributed by atoms with Crippen molar-refractivity contribution >= 4 is 21.4 Å². The number of amides is 1. The minimum absolute atomic E-state index is 0.156. The maximum Gasteiger partial charge on any atom is 0.238 e.